The maximum atomic E-state index is 12.6. The van der Waals surface area contributed by atoms with E-state index in [-0.39, 0.29) is 11.5 Å². The maximum absolute atomic E-state index is 12.6. The van der Waals surface area contributed by atoms with Crippen molar-refractivity contribution < 1.29 is 13.9 Å². The highest BCUT2D eigenvalue weighted by molar-refractivity contribution is 6.12. The van der Waals surface area contributed by atoms with Gasteiger partial charge < -0.3 is 14.5 Å². The molecule has 0 spiro atoms. The Kier molecular flexibility index (Phi) is 4.33. The molecule has 1 N–H and O–H groups in total. The number of carbonyl (C=O) groups excluding carboxylic acids is 1. The number of benzene rings is 2. The fourth-order valence-corrected chi connectivity index (χ4v) is 2.42. The van der Waals surface area contributed by atoms with Crippen molar-refractivity contribution in [1.29, 1.82) is 0 Å². The topological polar surface area (TPSA) is 68.5 Å². The molecule has 5 heteroatoms. The Morgan fingerprint density at radius 1 is 1.12 bits per heavy atom. The van der Waals surface area contributed by atoms with Crippen molar-refractivity contribution in [3.05, 3.63) is 70.1 Å². The molecule has 5 nitrogen and oxygen atoms in total. The highest BCUT2D eigenvalue weighted by Crippen LogP contribution is 2.23. The maximum Gasteiger partial charge on any atom is 0.337 e. The highest BCUT2D eigenvalue weighted by atomic mass is 16.5. The second kappa shape index (κ2) is 6.58. The first-order valence-electron chi connectivity index (χ1n) is 7.65. The number of aryl methyl sites for hydroxylation is 1. The summed E-state index contributed by atoms with van der Waals surface area (Å²) in [4.78, 5) is 24.3. The molecule has 0 saturated heterocycles. The van der Waals surface area contributed by atoms with Crippen LogP contribution in [0.15, 0.2) is 57.7 Å². The van der Waals surface area contributed by atoms with Crippen molar-refractivity contribution in [3.8, 4) is 5.75 Å². The summed E-state index contributed by atoms with van der Waals surface area (Å²) in [7, 11) is 0. The van der Waals surface area contributed by atoms with Gasteiger partial charge in [0.1, 0.15) is 11.3 Å². The number of fused-ring (bicyclic) bond motifs is 1. The quantitative estimate of drug-likeness (QED) is 0.742. The van der Waals surface area contributed by atoms with Crippen molar-refractivity contribution in [3.63, 3.8) is 0 Å². The van der Waals surface area contributed by atoms with Crippen molar-refractivity contribution >= 4 is 22.6 Å². The molecule has 1 heterocycles. The van der Waals surface area contributed by atoms with E-state index >= 15 is 0 Å². The Labute approximate surface area is 138 Å². The lowest BCUT2D eigenvalue weighted by Crippen LogP contribution is -2.15. The van der Waals surface area contributed by atoms with Crippen LogP contribution >= 0.6 is 0 Å². The Balaban J connectivity index is 1.99. The number of ether oxygens (including phenoxy) is 1. The first-order valence-corrected chi connectivity index (χ1v) is 7.65. The number of rotatable bonds is 4. The zero-order valence-corrected chi connectivity index (χ0v) is 13.5. The van der Waals surface area contributed by atoms with Crippen molar-refractivity contribution in [2.75, 3.05) is 11.9 Å². The van der Waals surface area contributed by atoms with E-state index in [1.807, 2.05) is 38.1 Å². The van der Waals surface area contributed by atoms with Crippen molar-refractivity contribution in [1.82, 2.24) is 0 Å². The summed E-state index contributed by atoms with van der Waals surface area (Å²) in [6.07, 6.45) is 0. The van der Waals surface area contributed by atoms with Crippen LogP contribution in [0.3, 0.4) is 0 Å². The Morgan fingerprint density at radius 2 is 1.88 bits per heavy atom. The Morgan fingerprint density at radius 3 is 2.58 bits per heavy atom. The lowest BCUT2D eigenvalue weighted by atomic mass is 10.1. The molecule has 1 amide bonds. The van der Waals surface area contributed by atoms with E-state index in [4.69, 9.17) is 9.15 Å². The molecule has 0 atom stereocenters. The second-order valence-corrected chi connectivity index (χ2v) is 5.39. The van der Waals surface area contributed by atoms with Gasteiger partial charge in [-0.25, -0.2) is 4.79 Å². The van der Waals surface area contributed by atoms with Gasteiger partial charge >= 0.3 is 5.63 Å². The van der Waals surface area contributed by atoms with Gasteiger partial charge in [-0.3, -0.25) is 4.79 Å². The predicted molar refractivity (Wildman–Crippen MR) is 92.8 cm³/mol. The summed E-state index contributed by atoms with van der Waals surface area (Å²) >= 11 is 0. The summed E-state index contributed by atoms with van der Waals surface area (Å²) in [6.45, 7) is 4.34. The van der Waals surface area contributed by atoms with Crippen LogP contribution in [0.2, 0.25) is 0 Å². The Bertz CT molecular complexity index is 942. The van der Waals surface area contributed by atoms with Crippen molar-refractivity contribution in [2.45, 2.75) is 13.8 Å². The third-order valence-electron chi connectivity index (χ3n) is 3.58. The zero-order chi connectivity index (χ0) is 17.1. The molecular formula is C19H17NO4. The van der Waals surface area contributed by atoms with Gasteiger partial charge in [-0.15, -0.1) is 0 Å². The molecular weight excluding hydrogens is 306 g/mol. The van der Waals surface area contributed by atoms with Crippen LogP contribution in [-0.4, -0.2) is 12.5 Å². The first kappa shape index (κ1) is 15.8. The number of hydrogen-bond donors (Lipinski definition) is 1. The molecule has 0 aliphatic heterocycles. The van der Waals surface area contributed by atoms with E-state index in [2.05, 4.69) is 5.32 Å². The molecule has 0 radical (unpaired) electrons. The van der Waals surface area contributed by atoms with Gasteiger partial charge in [0.2, 0.25) is 0 Å². The minimum absolute atomic E-state index is 0.268. The van der Waals surface area contributed by atoms with Crippen LogP contribution in [0.25, 0.3) is 11.0 Å². The third kappa shape index (κ3) is 3.30. The van der Waals surface area contributed by atoms with Gasteiger partial charge in [0, 0.05) is 23.2 Å². The van der Waals surface area contributed by atoms with Gasteiger partial charge in [-0.2, -0.15) is 0 Å². The fraction of sp³-hybridized carbons (Fsp3) is 0.158. The van der Waals surface area contributed by atoms with E-state index < -0.39 is 5.63 Å². The molecule has 3 rings (SSSR count). The average molecular weight is 323 g/mol. The van der Waals surface area contributed by atoms with E-state index in [1.165, 1.54) is 6.07 Å². The third-order valence-corrected chi connectivity index (χ3v) is 3.58. The molecule has 122 valence electrons. The molecule has 0 aliphatic carbocycles. The summed E-state index contributed by atoms with van der Waals surface area (Å²) in [6, 6.07) is 13.7. The number of carbonyl (C=O) groups is 1. The van der Waals surface area contributed by atoms with E-state index in [1.54, 1.807) is 18.2 Å². The molecule has 0 bridgehead atoms. The summed E-state index contributed by atoms with van der Waals surface area (Å²) in [5, 5.41) is 3.35. The van der Waals surface area contributed by atoms with Crippen LogP contribution in [-0.2, 0) is 0 Å². The molecule has 0 saturated carbocycles. The van der Waals surface area contributed by atoms with Gasteiger partial charge in [-0.05, 0) is 38.1 Å². The summed E-state index contributed by atoms with van der Waals surface area (Å²) in [5.74, 6) is 0.227. The SMILES string of the molecule is CCOc1ccc2c(C(=O)Nc3ccc(C)cc3)cc(=O)oc2c1. The molecule has 24 heavy (non-hydrogen) atoms. The van der Waals surface area contributed by atoms with E-state index in [0.717, 1.165) is 5.56 Å². The largest absolute Gasteiger partial charge is 0.494 e. The fourth-order valence-electron chi connectivity index (χ4n) is 2.42. The Hall–Kier alpha value is -3.08. The highest BCUT2D eigenvalue weighted by Gasteiger charge is 2.14. The summed E-state index contributed by atoms with van der Waals surface area (Å²) in [5.41, 5.74) is 1.78. The minimum Gasteiger partial charge on any atom is -0.494 e. The summed E-state index contributed by atoms with van der Waals surface area (Å²) < 4.78 is 10.6. The number of anilines is 1. The van der Waals surface area contributed by atoms with Gasteiger partial charge in [0.05, 0.1) is 12.2 Å². The van der Waals surface area contributed by atoms with Gasteiger partial charge in [0.15, 0.2) is 0 Å². The van der Waals surface area contributed by atoms with Gasteiger partial charge in [-0.1, -0.05) is 17.7 Å². The lowest BCUT2D eigenvalue weighted by Gasteiger charge is -2.09. The molecule has 0 unspecified atom stereocenters. The van der Waals surface area contributed by atoms with Crippen LogP contribution < -0.4 is 15.7 Å². The van der Waals surface area contributed by atoms with Crippen LogP contribution in [0, 0.1) is 6.92 Å². The molecule has 0 fully saturated rings. The predicted octanol–water partition coefficient (Wildman–Crippen LogP) is 3.75. The van der Waals surface area contributed by atoms with Crippen LogP contribution in [0.1, 0.15) is 22.8 Å². The smallest absolute Gasteiger partial charge is 0.337 e. The molecule has 0 aliphatic rings. The molecule has 3 aromatic rings. The molecule has 1 aromatic heterocycles. The standard InChI is InChI=1S/C19H17NO4/c1-3-23-14-8-9-15-16(11-18(21)24-17(15)10-14)19(22)20-13-6-4-12(2)5-7-13/h4-11H,3H2,1-2H3,(H,20,22). The van der Waals surface area contributed by atoms with Crippen LogP contribution in [0.5, 0.6) is 5.75 Å². The minimum atomic E-state index is -0.579. The zero-order valence-electron chi connectivity index (χ0n) is 13.5. The number of amides is 1. The van der Waals surface area contributed by atoms with Crippen molar-refractivity contribution in [2.24, 2.45) is 0 Å². The molecule has 2 aromatic carbocycles. The monoisotopic (exact) mass is 323 g/mol. The lowest BCUT2D eigenvalue weighted by molar-refractivity contribution is 0.102. The first-order chi connectivity index (χ1) is 11.6. The number of nitrogens with one attached hydrogen (secondary N) is 1. The van der Waals surface area contributed by atoms with E-state index in [0.29, 0.717) is 29.0 Å². The second-order valence-electron chi connectivity index (χ2n) is 5.39. The van der Waals surface area contributed by atoms with Crippen LogP contribution in [0.4, 0.5) is 5.69 Å². The number of hydrogen-bond acceptors (Lipinski definition) is 4. The average Bonchev–Trinajstić information content (AvgIpc) is 2.56. The van der Waals surface area contributed by atoms with E-state index in [9.17, 15) is 9.59 Å². The normalized spacial score (nSPS) is 10.6. The van der Waals surface area contributed by atoms with Gasteiger partial charge in [0.25, 0.3) is 5.91 Å².